The molecule has 0 bridgehead atoms. The first-order chi connectivity index (χ1) is 26.7. The van der Waals surface area contributed by atoms with Gasteiger partial charge in [0.2, 0.25) is 0 Å². The zero-order valence-corrected chi connectivity index (χ0v) is 30.1. The molecule has 54 heavy (non-hydrogen) atoms. The maximum atomic E-state index is 2.44. The lowest BCUT2D eigenvalue weighted by Gasteiger charge is -2.27. The number of hydrogen-bond donors (Lipinski definition) is 0. The van der Waals surface area contributed by atoms with Crippen molar-refractivity contribution in [2.75, 3.05) is 4.90 Å². The molecular weight excluding hydrogens is 651 g/mol. The monoisotopic (exact) mass is 687 g/mol. The quantitative estimate of drug-likeness (QED) is 0.157. The maximum Gasteiger partial charge on any atom is 0.0468 e. The molecule has 254 valence electrons. The predicted octanol–water partition coefficient (Wildman–Crippen LogP) is 15.1. The number of rotatable bonds is 6. The summed E-state index contributed by atoms with van der Waals surface area (Å²) in [6.45, 7) is 2.16. The van der Waals surface area contributed by atoms with Gasteiger partial charge in [-0.1, -0.05) is 169 Å². The van der Waals surface area contributed by atoms with Crippen molar-refractivity contribution in [1.82, 2.24) is 0 Å². The lowest BCUT2D eigenvalue weighted by atomic mass is 9.81. The van der Waals surface area contributed by atoms with E-state index in [1.807, 2.05) is 0 Å². The van der Waals surface area contributed by atoms with E-state index in [-0.39, 0.29) is 0 Å². The molecule has 10 aromatic rings. The van der Waals surface area contributed by atoms with Crippen LogP contribution in [0.3, 0.4) is 0 Å². The summed E-state index contributed by atoms with van der Waals surface area (Å²) in [4.78, 5) is 2.39. The largest absolute Gasteiger partial charge is 0.310 e. The summed E-state index contributed by atoms with van der Waals surface area (Å²) in [6, 6.07) is 75.5. The average Bonchev–Trinajstić information content (AvgIpc) is 3.24. The van der Waals surface area contributed by atoms with Crippen LogP contribution in [0.2, 0.25) is 0 Å². The fourth-order valence-electron chi connectivity index (χ4n) is 8.33. The second-order valence-corrected chi connectivity index (χ2v) is 14.2. The van der Waals surface area contributed by atoms with Crippen molar-refractivity contribution in [2.45, 2.75) is 6.92 Å². The topological polar surface area (TPSA) is 3.24 Å². The van der Waals surface area contributed by atoms with Gasteiger partial charge >= 0.3 is 0 Å². The lowest BCUT2D eigenvalue weighted by molar-refractivity contribution is 1.29. The number of benzene rings is 10. The summed E-state index contributed by atoms with van der Waals surface area (Å²) in [5, 5.41) is 9.97. The highest BCUT2D eigenvalue weighted by molar-refractivity contribution is 6.33. The third kappa shape index (κ3) is 5.41. The zero-order valence-electron chi connectivity index (χ0n) is 30.1. The van der Waals surface area contributed by atoms with Crippen LogP contribution in [0, 0.1) is 6.92 Å². The highest BCUT2D eigenvalue weighted by Crippen LogP contribution is 2.50. The molecule has 0 atom stereocenters. The average molecular weight is 688 g/mol. The van der Waals surface area contributed by atoms with E-state index in [2.05, 4.69) is 218 Å². The van der Waals surface area contributed by atoms with E-state index in [9.17, 15) is 0 Å². The summed E-state index contributed by atoms with van der Waals surface area (Å²) < 4.78 is 0. The molecule has 1 heteroatoms. The van der Waals surface area contributed by atoms with Crippen molar-refractivity contribution < 1.29 is 0 Å². The molecule has 0 N–H and O–H groups in total. The van der Waals surface area contributed by atoms with Gasteiger partial charge in [-0.15, -0.1) is 0 Å². The second kappa shape index (κ2) is 13.2. The van der Waals surface area contributed by atoms with Gasteiger partial charge in [0.15, 0.2) is 0 Å². The van der Waals surface area contributed by atoms with Crippen molar-refractivity contribution in [2.24, 2.45) is 0 Å². The normalized spacial score (nSPS) is 11.4. The highest BCUT2D eigenvalue weighted by Gasteiger charge is 2.23. The van der Waals surface area contributed by atoms with Gasteiger partial charge in [0.25, 0.3) is 0 Å². The number of nitrogens with zero attached hydrogens (tertiary/aromatic N) is 1. The Morgan fingerprint density at radius 3 is 1.59 bits per heavy atom. The van der Waals surface area contributed by atoms with Crippen LogP contribution in [0.1, 0.15) is 5.56 Å². The highest BCUT2D eigenvalue weighted by atomic mass is 15.1. The third-order valence-corrected chi connectivity index (χ3v) is 10.9. The molecule has 0 aliphatic heterocycles. The first-order valence-corrected chi connectivity index (χ1v) is 18.7. The number of fused-ring (bicyclic) bond motifs is 7. The van der Waals surface area contributed by atoms with Gasteiger partial charge < -0.3 is 4.90 Å². The molecule has 0 amide bonds. The Bertz CT molecular complexity index is 2970. The van der Waals surface area contributed by atoms with Crippen molar-refractivity contribution in [3.63, 3.8) is 0 Å². The number of hydrogen-bond acceptors (Lipinski definition) is 1. The Balaban J connectivity index is 1.34. The smallest absolute Gasteiger partial charge is 0.0468 e. The molecule has 0 aliphatic rings. The van der Waals surface area contributed by atoms with Crippen molar-refractivity contribution in [3.05, 3.63) is 212 Å². The van der Waals surface area contributed by atoms with E-state index < -0.39 is 0 Å². The minimum Gasteiger partial charge on any atom is -0.310 e. The molecule has 0 radical (unpaired) electrons. The molecule has 10 aromatic carbocycles. The molecule has 10 rings (SSSR count). The van der Waals surface area contributed by atoms with Gasteiger partial charge in [0.1, 0.15) is 0 Å². The molecule has 0 fully saturated rings. The predicted molar refractivity (Wildman–Crippen MR) is 232 cm³/mol. The van der Waals surface area contributed by atoms with Crippen LogP contribution in [0.5, 0.6) is 0 Å². The zero-order chi connectivity index (χ0) is 36.0. The van der Waals surface area contributed by atoms with E-state index in [1.54, 1.807) is 0 Å². The summed E-state index contributed by atoms with van der Waals surface area (Å²) in [5.74, 6) is 0. The summed E-state index contributed by atoms with van der Waals surface area (Å²) in [7, 11) is 0. The fraction of sp³-hybridized carbons (Fsp3) is 0.0189. The van der Waals surface area contributed by atoms with Gasteiger partial charge in [-0.05, 0) is 126 Å². The molecule has 0 unspecified atom stereocenters. The van der Waals surface area contributed by atoms with Crippen molar-refractivity contribution >= 4 is 60.2 Å². The van der Waals surface area contributed by atoms with Gasteiger partial charge in [0.05, 0.1) is 0 Å². The Labute approximate surface area is 316 Å². The lowest BCUT2D eigenvalue weighted by Crippen LogP contribution is -2.09. The Hall–Kier alpha value is -6.96. The standard InChI is InChI=1S/C53H37N/c1-36-25-27-40(28-26-36)51-48(38-16-5-2-6-17-38)35-49(39-18-7-3-8-19-39)52-47-32-31-44(34-50(47)45-23-13-14-24-46(45)53(51)52)54(42-21-9-4-10-22-42)43-30-29-37-15-11-12-20-41(37)33-43/h2-35H,1H3. The van der Waals surface area contributed by atoms with E-state index in [1.165, 1.54) is 82.0 Å². The van der Waals surface area contributed by atoms with E-state index in [0.29, 0.717) is 0 Å². The van der Waals surface area contributed by atoms with Gasteiger partial charge in [0, 0.05) is 17.1 Å². The minimum atomic E-state index is 1.12. The second-order valence-electron chi connectivity index (χ2n) is 14.2. The third-order valence-electron chi connectivity index (χ3n) is 10.9. The van der Waals surface area contributed by atoms with Gasteiger partial charge in [-0.3, -0.25) is 0 Å². The van der Waals surface area contributed by atoms with Crippen LogP contribution in [0.25, 0.3) is 76.5 Å². The maximum absolute atomic E-state index is 2.44. The molecule has 0 spiro atoms. The van der Waals surface area contributed by atoms with Gasteiger partial charge in [-0.2, -0.15) is 0 Å². The van der Waals surface area contributed by atoms with Gasteiger partial charge in [-0.25, -0.2) is 0 Å². The molecule has 0 heterocycles. The first kappa shape index (κ1) is 31.7. The van der Waals surface area contributed by atoms with E-state index in [4.69, 9.17) is 0 Å². The molecule has 1 nitrogen and oxygen atoms in total. The van der Waals surface area contributed by atoms with Crippen LogP contribution in [-0.2, 0) is 0 Å². The summed E-state index contributed by atoms with van der Waals surface area (Å²) in [6.07, 6.45) is 0. The van der Waals surface area contributed by atoms with Crippen molar-refractivity contribution in [3.8, 4) is 33.4 Å². The summed E-state index contributed by atoms with van der Waals surface area (Å²) >= 11 is 0. The molecule has 0 aliphatic carbocycles. The Morgan fingerprint density at radius 1 is 0.315 bits per heavy atom. The first-order valence-electron chi connectivity index (χ1n) is 18.7. The molecule has 0 saturated heterocycles. The van der Waals surface area contributed by atoms with Crippen LogP contribution in [-0.4, -0.2) is 0 Å². The minimum absolute atomic E-state index is 1.12. The van der Waals surface area contributed by atoms with Crippen LogP contribution >= 0.6 is 0 Å². The van der Waals surface area contributed by atoms with Crippen molar-refractivity contribution in [1.29, 1.82) is 0 Å². The van der Waals surface area contributed by atoms with Crippen LogP contribution in [0.4, 0.5) is 17.1 Å². The molecule has 0 aromatic heterocycles. The SMILES string of the molecule is Cc1ccc(-c2c(-c3ccccc3)cc(-c3ccccc3)c3c4ccc(N(c5ccccc5)c5ccc6ccccc6c5)cc4c4ccccc4c23)cc1. The molecule has 0 saturated carbocycles. The summed E-state index contributed by atoms with van der Waals surface area (Å²) in [5.41, 5.74) is 12.0. The Morgan fingerprint density at radius 2 is 0.870 bits per heavy atom. The fourth-order valence-corrected chi connectivity index (χ4v) is 8.33. The number of anilines is 3. The van der Waals surface area contributed by atoms with Crippen LogP contribution in [0.15, 0.2) is 206 Å². The van der Waals surface area contributed by atoms with Crippen LogP contribution < -0.4 is 4.90 Å². The number of para-hydroxylation sites is 1. The van der Waals surface area contributed by atoms with E-state index in [0.717, 1.165) is 17.1 Å². The number of aryl methyl sites for hydroxylation is 1. The molecular formula is C53H37N. The Kier molecular flexibility index (Phi) is 7.78. The van der Waals surface area contributed by atoms with E-state index >= 15 is 0 Å².